The summed E-state index contributed by atoms with van der Waals surface area (Å²) in [6.07, 6.45) is 1.86. The molecule has 106 valence electrons. The number of nitrogens with one attached hydrogen (secondary N) is 1. The third-order valence-corrected chi connectivity index (χ3v) is 3.57. The van der Waals surface area contributed by atoms with Gasteiger partial charge in [-0.3, -0.25) is 9.59 Å². The number of carboxylic acids is 1. The Labute approximate surface area is 116 Å². The van der Waals surface area contributed by atoms with Crippen molar-refractivity contribution >= 4 is 23.2 Å². The molecule has 0 saturated heterocycles. The van der Waals surface area contributed by atoms with E-state index in [0.29, 0.717) is 38.0 Å². The number of rotatable bonds is 8. The first kappa shape index (κ1) is 15.6. The van der Waals surface area contributed by atoms with Crippen LogP contribution in [0.15, 0.2) is 5.38 Å². The van der Waals surface area contributed by atoms with E-state index in [-0.39, 0.29) is 11.8 Å². The van der Waals surface area contributed by atoms with Crippen LogP contribution < -0.4 is 11.1 Å². The summed E-state index contributed by atoms with van der Waals surface area (Å²) in [7, 11) is 0. The lowest BCUT2D eigenvalue weighted by molar-refractivity contribution is -0.141. The molecular formula is C12H19N3O3S. The van der Waals surface area contributed by atoms with Crippen LogP contribution >= 0.6 is 11.3 Å². The Bertz CT molecular complexity index is 434. The second-order valence-electron chi connectivity index (χ2n) is 4.30. The van der Waals surface area contributed by atoms with Crippen molar-refractivity contribution in [3.05, 3.63) is 16.1 Å². The quantitative estimate of drug-likeness (QED) is 0.615. The maximum Gasteiger partial charge on any atom is 0.306 e. The summed E-state index contributed by atoms with van der Waals surface area (Å²) in [6, 6.07) is 0. The first-order valence-corrected chi connectivity index (χ1v) is 7.08. The van der Waals surface area contributed by atoms with Crippen LogP contribution in [-0.4, -0.2) is 35.1 Å². The Morgan fingerprint density at radius 2 is 2.32 bits per heavy atom. The normalized spacial score (nSPS) is 12.1. The molecule has 0 aliphatic rings. The van der Waals surface area contributed by atoms with Crippen LogP contribution in [0.3, 0.4) is 0 Å². The first-order chi connectivity index (χ1) is 9.04. The number of carbonyl (C=O) groups excluding carboxylic acids is 1. The predicted molar refractivity (Wildman–Crippen MR) is 73.2 cm³/mol. The molecule has 1 aromatic heterocycles. The Morgan fingerprint density at radius 1 is 1.58 bits per heavy atom. The molecule has 7 heteroatoms. The minimum Gasteiger partial charge on any atom is -0.481 e. The molecule has 0 aliphatic heterocycles. The summed E-state index contributed by atoms with van der Waals surface area (Å²) in [5.74, 6) is -1.41. The number of hydrogen-bond acceptors (Lipinski definition) is 5. The van der Waals surface area contributed by atoms with E-state index >= 15 is 0 Å². The fourth-order valence-corrected chi connectivity index (χ4v) is 2.27. The number of carbonyl (C=O) groups is 2. The molecule has 1 aromatic rings. The minimum absolute atomic E-state index is 0.220. The highest BCUT2D eigenvalue weighted by Gasteiger charge is 2.12. The standard InChI is InChI=1S/C12H19N3O3S/c1-8(12(17)18)3-2-6-14-11(16)9-7-19-10(15-9)4-5-13/h7-8H,2-6,13H2,1H3,(H,14,16)(H,17,18). The maximum atomic E-state index is 11.7. The molecule has 1 atom stereocenters. The van der Waals surface area contributed by atoms with Gasteiger partial charge in [-0.2, -0.15) is 0 Å². The molecule has 4 N–H and O–H groups in total. The molecule has 1 unspecified atom stereocenters. The van der Waals surface area contributed by atoms with Gasteiger partial charge in [-0.25, -0.2) is 4.98 Å². The van der Waals surface area contributed by atoms with Crippen LogP contribution in [0.5, 0.6) is 0 Å². The van der Waals surface area contributed by atoms with Gasteiger partial charge in [0.1, 0.15) is 5.69 Å². The van der Waals surface area contributed by atoms with E-state index < -0.39 is 5.97 Å². The zero-order valence-corrected chi connectivity index (χ0v) is 11.7. The summed E-state index contributed by atoms with van der Waals surface area (Å²) < 4.78 is 0. The molecule has 6 nitrogen and oxygen atoms in total. The van der Waals surface area contributed by atoms with Crippen molar-refractivity contribution in [2.75, 3.05) is 13.1 Å². The first-order valence-electron chi connectivity index (χ1n) is 6.20. The van der Waals surface area contributed by atoms with Crippen LogP contribution in [0.4, 0.5) is 0 Å². The molecule has 0 radical (unpaired) electrons. The Hall–Kier alpha value is -1.47. The van der Waals surface area contributed by atoms with Crippen molar-refractivity contribution in [3.8, 4) is 0 Å². The Balaban J connectivity index is 2.28. The molecule has 1 rings (SSSR count). The number of thiazole rings is 1. The summed E-state index contributed by atoms with van der Waals surface area (Å²) in [4.78, 5) is 26.5. The van der Waals surface area contributed by atoms with Crippen molar-refractivity contribution in [3.63, 3.8) is 0 Å². The zero-order chi connectivity index (χ0) is 14.3. The highest BCUT2D eigenvalue weighted by atomic mass is 32.1. The molecule has 0 bridgehead atoms. The van der Waals surface area contributed by atoms with Gasteiger partial charge in [0.25, 0.3) is 5.91 Å². The number of nitrogens with zero attached hydrogens (tertiary/aromatic N) is 1. The monoisotopic (exact) mass is 285 g/mol. The van der Waals surface area contributed by atoms with E-state index in [1.807, 2.05) is 0 Å². The second-order valence-corrected chi connectivity index (χ2v) is 5.25. The summed E-state index contributed by atoms with van der Waals surface area (Å²) in [5, 5.41) is 14.0. The van der Waals surface area contributed by atoms with Crippen molar-refractivity contribution in [2.45, 2.75) is 26.2 Å². The predicted octanol–water partition coefficient (Wildman–Crippen LogP) is 0.875. The number of hydrogen-bond donors (Lipinski definition) is 3. The van der Waals surface area contributed by atoms with Gasteiger partial charge in [0, 0.05) is 18.3 Å². The molecule has 0 aliphatic carbocycles. The number of carboxylic acid groups (broad SMARTS) is 1. The average molecular weight is 285 g/mol. The van der Waals surface area contributed by atoms with Crippen molar-refractivity contribution in [2.24, 2.45) is 11.7 Å². The molecule has 0 aromatic carbocycles. The molecule has 0 saturated carbocycles. The van der Waals surface area contributed by atoms with Crippen LogP contribution in [-0.2, 0) is 11.2 Å². The van der Waals surface area contributed by atoms with Gasteiger partial charge < -0.3 is 16.2 Å². The smallest absolute Gasteiger partial charge is 0.306 e. The van der Waals surface area contributed by atoms with Crippen LogP contribution in [0.25, 0.3) is 0 Å². The second kappa shape index (κ2) is 7.85. The SMILES string of the molecule is CC(CCCNC(=O)c1csc(CCN)n1)C(=O)O. The third kappa shape index (κ3) is 5.35. The molecular weight excluding hydrogens is 266 g/mol. The molecule has 1 heterocycles. The fraction of sp³-hybridized carbons (Fsp3) is 0.583. The highest BCUT2D eigenvalue weighted by molar-refractivity contribution is 7.09. The molecule has 1 amide bonds. The number of amides is 1. The minimum atomic E-state index is -0.808. The summed E-state index contributed by atoms with van der Waals surface area (Å²) >= 11 is 1.42. The van der Waals surface area contributed by atoms with Crippen LogP contribution in [0, 0.1) is 5.92 Å². The Kier molecular flexibility index (Phi) is 6.44. The Morgan fingerprint density at radius 3 is 2.95 bits per heavy atom. The van der Waals surface area contributed by atoms with Gasteiger partial charge >= 0.3 is 5.97 Å². The van der Waals surface area contributed by atoms with Crippen molar-refractivity contribution in [1.82, 2.24) is 10.3 Å². The van der Waals surface area contributed by atoms with Gasteiger partial charge in [0.15, 0.2) is 0 Å². The van der Waals surface area contributed by atoms with Gasteiger partial charge in [0.05, 0.1) is 10.9 Å². The lowest BCUT2D eigenvalue weighted by Gasteiger charge is -2.06. The number of aliphatic carboxylic acids is 1. The summed E-state index contributed by atoms with van der Waals surface area (Å²) in [5.41, 5.74) is 5.82. The van der Waals surface area contributed by atoms with Crippen LogP contribution in [0.1, 0.15) is 35.3 Å². The maximum absolute atomic E-state index is 11.7. The van der Waals surface area contributed by atoms with E-state index in [4.69, 9.17) is 10.8 Å². The van der Waals surface area contributed by atoms with E-state index in [1.54, 1.807) is 12.3 Å². The van der Waals surface area contributed by atoms with E-state index in [1.165, 1.54) is 11.3 Å². The fourth-order valence-electron chi connectivity index (χ4n) is 1.48. The summed E-state index contributed by atoms with van der Waals surface area (Å²) in [6.45, 7) is 2.63. The molecule has 0 spiro atoms. The van der Waals surface area contributed by atoms with Gasteiger partial charge in [0.2, 0.25) is 0 Å². The average Bonchev–Trinajstić information content (AvgIpc) is 2.83. The number of nitrogens with two attached hydrogens (primary N) is 1. The topological polar surface area (TPSA) is 105 Å². The highest BCUT2D eigenvalue weighted by Crippen LogP contribution is 2.10. The van der Waals surface area contributed by atoms with E-state index in [9.17, 15) is 9.59 Å². The van der Waals surface area contributed by atoms with Gasteiger partial charge in [-0.1, -0.05) is 6.92 Å². The van der Waals surface area contributed by atoms with Gasteiger partial charge in [-0.05, 0) is 19.4 Å². The lowest BCUT2D eigenvalue weighted by atomic mass is 10.1. The number of aromatic nitrogens is 1. The molecule has 0 fully saturated rings. The zero-order valence-electron chi connectivity index (χ0n) is 10.9. The molecule has 19 heavy (non-hydrogen) atoms. The van der Waals surface area contributed by atoms with Gasteiger partial charge in [-0.15, -0.1) is 11.3 Å². The van der Waals surface area contributed by atoms with E-state index in [2.05, 4.69) is 10.3 Å². The largest absolute Gasteiger partial charge is 0.481 e. The van der Waals surface area contributed by atoms with Crippen molar-refractivity contribution in [1.29, 1.82) is 0 Å². The lowest BCUT2D eigenvalue weighted by Crippen LogP contribution is -2.25. The van der Waals surface area contributed by atoms with Crippen molar-refractivity contribution < 1.29 is 14.7 Å². The van der Waals surface area contributed by atoms with E-state index in [0.717, 1.165) is 5.01 Å². The van der Waals surface area contributed by atoms with Crippen LogP contribution in [0.2, 0.25) is 0 Å². The third-order valence-electron chi connectivity index (χ3n) is 2.66.